The van der Waals surface area contributed by atoms with Crippen LogP contribution in [0.1, 0.15) is 34.9 Å². The number of nitrogens with zero attached hydrogens (tertiary/aromatic N) is 3. The summed E-state index contributed by atoms with van der Waals surface area (Å²) in [6.07, 6.45) is 3.28. The van der Waals surface area contributed by atoms with Gasteiger partial charge in [0.05, 0.1) is 13.2 Å². The van der Waals surface area contributed by atoms with Crippen LogP contribution >= 0.6 is 11.3 Å². The minimum absolute atomic E-state index is 0.126. The third-order valence-electron chi connectivity index (χ3n) is 5.83. The van der Waals surface area contributed by atoms with Crippen molar-refractivity contribution in [2.75, 3.05) is 13.2 Å². The minimum atomic E-state index is -0.731. The first kappa shape index (κ1) is 17.6. The van der Waals surface area contributed by atoms with Crippen LogP contribution in [-0.4, -0.2) is 45.8 Å². The van der Waals surface area contributed by atoms with Gasteiger partial charge >= 0.3 is 17.8 Å². The number of amides is 4. The number of hydrogen-bond acceptors (Lipinski definition) is 5. The van der Waals surface area contributed by atoms with Crippen molar-refractivity contribution in [1.29, 1.82) is 0 Å². The lowest BCUT2D eigenvalue weighted by Gasteiger charge is -2.37. The number of thiophene rings is 1. The molecule has 5 rings (SSSR count). The molecule has 2 aromatic rings. The molecule has 2 fully saturated rings. The summed E-state index contributed by atoms with van der Waals surface area (Å²) in [7, 11) is 0. The Bertz CT molecular complexity index is 937. The molecule has 1 saturated carbocycles. The molecule has 0 radical (unpaired) electrons. The molecule has 0 spiro atoms. The number of carbonyl (C=O) groups excluding carboxylic acids is 3. The van der Waals surface area contributed by atoms with E-state index in [9.17, 15) is 14.4 Å². The summed E-state index contributed by atoms with van der Waals surface area (Å²) in [4.78, 5) is 43.7. The Morgan fingerprint density at radius 1 is 0.964 bits per heavy atom. The van der Waals surface area contributed by atoms with Crippen LogP contribution in [0.2, 0.25) is 0 Å². The molecular weight excluding hydrogens is 374 g/mol. The summed E-state index contributed by atoms with van der Waals surface area (Å²) < 4.78 is 0. The van der Waals surface area contributed by atoms with Crippen molar-refractivity contribution in [2.45, 2.75) is 31.8 Å². The van der Waals surface area contributed by atoms with Crippen molar-refractivity contribution in [3.05, 3.63) is 57.8 Å². The molecule has 3 aliphatic rings. The quantitative estimate of drug-likeness (QED) is 0.577. The summed E-state index contributed by atoms with van der Waals surface area (Å²) in [6.45, 7) is 1.12. The average molecular weight is 395 g/mol. The first-order valence-corrected chi connectivity index (χ1v) is 10.5. The SMILES string of the molecule is O=C1C(=O)N(CN2CCc3sccc3[C@@H]2C2CC2)C(=O)N1Cc1ccccc1. The van der Waals surface area contributed by atoms with Crippen LogP contribution in [0.5, 0.6) is 0 Å². The second-order valence-corrected chi connectivity index (χ2v) is 8.68. The second-order valence-electron chi connectivity index (χ2n) is 7.68. The Labute approximate surface area is 167 Å². The predicted octanol–water partition coefficient (Wildman–Crippen LogP) is 3.01. The smallest absolute Gasteiger partial charge is 0.278 e. The van der Waals surface area contributed by atoms with Gasteiger partial charge in [-0.05, 0) is 47.8 Å². The van der Waals surface area contributed by atoms with Crippen molar-refractivity contribution in [3.63, 3.8) is 0 Å². The van der Waals surface area contributed by atoms with E-state index >= 15 is 0 Å². The highest BCUT2D eigenvalue weighted by atomic mass is 32.1. The topological polar surface area (TPSA) is 60.9 Å². The predicted molar refractivity (Wildman–Crippen MR) is 104 cm³/mol. The van der Waals surface area contributed by atoms with Gasteiger partial charge in [0, 0.05) is 17.5 Å². The van der Waals surface area contributed by atoms with Crippen molar-refractivity contribution in [2.24, 2.45) is 5.92 Å². The lowest BCUT2D eigenvalue weighted by molar-refractivity contribution is -0.144. The van der Waals surface area contributed by atoms with E-state index in [1.54, 1.807) is 11.3 Å². The number of hydrogen-bond donors (Lipinski definition) is 0. The van der Waals surface area contributed by atoms with E-state index in [-0.39, 0.29) is 19.3 Å². The fourth-order valence-corrected chi connectivity index (χ4v) is 5.20. The summed E-state index contributed by atoms with van der Waals surface area (Å²) in [5, 5.41) is 2.13. The summed E-state index contributed by atoms with van der Waals surface area (Å²) in [5.41, 5.74) is 2.17. The van der Waals surface area contributed by atoms with Crippen LogP contribution in [-0.2, 0) is 22.6 Å². The van der Waals surface area contributed by atoms with Crippen molar-refractivity contribution >= 4 is 29.2 Å². The third kappa shape index (κ3) is 2.95. The first-order chi connectivity index (χ1) is 13.6. The van der Waals surface area contributed by atoms with Gasteiger partial charge in [-0.3, -0.25) is 19.4 Å². The molecule has 144 valence electrons. The number of carbonyl (C=O) groups is 3. The third-order valence-corrected chi connectivity index (χ3v) is 6.82. The van der Waals surface area contributed by atoms with Gasteiger partial charge in [-0.2, -0.15) is 0 Å². The van der Waals surface area contributed by atoms with E-state index in [1.165, 1.54) is 23.3 Å². The Morgan fingerprint density at radius 2 is 1.71 bits per heavy atom. The highest BCUT2D eigenvalue weighted by Gasteiger charge is 2.47. The monoisotopic (exact) mass is 395 g/mol. The number of benzene rings is 1. The molecule has 1 atom stereocenters. The number of imide groups is 2. The largest absolute Gasteiger partial charge is 0.335 e. The van der Waals surface area contributed by atoms with Crippen molar-refractivity contribution in [3.8, 4) is 0 Å². The van der Waals surface area contributed by atoms with E-state index < -0.39 is 17.8 Å². The van der Waals surface area contributed by atoms with Crippen molar-refractivity contribution in [1.82, 2.24) is 14.7 Å². The van der Waals surface area contributed by atoms with Gasteiger partial charge < -0.3 is 0 Å². The maximum Gasteiger partial charge on any atom is 0.335 e. The molecule has 6 nitrogen and oxygen atoms in total. The van der Waals surface area contributed by atoms with Gasteiger partial charge in [0.25, 0.3) is 0 Å². The zero-order valence-electron chi connectivity index (χ0n) is 15.4. The van der Waals surface area contributed by atoms with Crippen molar-refractivity contribution < 1.29 is 14.4 Å². The molecule has 1 aliphatic carbocycles. The van der Waals surface area contributed by atoms with E-state index in [1.807, 2.05) is 30.3 Å². The molecule has 1 aromatic carbocycles. The second kappa shape index (κ2) is 6.83. The molecule has 1 saturated heterocycles. The molecule has 0 N–H and O–H groups in total. The van der Waals surface area contributed by atoms with Gasteiger partial charge in [-0.25, -0.2) is 9.69 Å². The summed E-state index contributed by atoms with van der Waals surface area (Å²) in [5.74, 6) is -0.866. The van der Waals surface area contributed by atoms with Crippen LogP contribution in [0.25, 0.3) is 0 Å². The van der Waals surface area contributed by atoms with Gasteiger partial charge in [0.2, 0.25) is 0 Å². The number of fused-ring (bicyclic) bond motifs is 1. The number of urea groups is 1. The Hall–Kier alpha value is -2.51. The van der Waals surface area contributed by atoms with Gasteiger partial charge in [-0.1, -0.05) is 30.3 Å². The molecular formula is C21H21N3O3S. The standard InChI is InChI=1S/C21H21N3O3S/c25-19-20(26)24(21(27)23(19)12-14-4-2-1-3-5-14)13-22-10-8-17-16(9-11-28-17)18(22)15-6-7-15/h1-5,9,11,15,18H,6-8,10,12-13H2/t18-/m0/s1. The number of rotatable bonds is 5. The molecule has 0 bridgehead atoms. The molecule has 2 aliphatic heterocycles. The normalized spacial score (nSPS) is 22.9. The Morgan fingerprint density at radius 3 is 2.46 bits per heavy atom. The lowest BCUT2D eigenvalue weighted by atomic mass is 9.96. The zero-order chi connectivity index (χ0) is 19.3. The molecule has 3 heterocycles. The fourth-order valence-electron chi connectivity index (χ4n) is 4.28. The van der Waals surface area contributed by atoms with Crippen LogP contribution in [0.15, 0.2) is 41.8 Å². The van der Waals surface area contributed by atoms with Crippen LogP contribution in [0.4, 0.5) is 4.79 Å². The van der Waals surface area contributed by atoms with Crippen LogP contribution < -0.4 is 0 Å². The fraction of sp³-hybridized carbons (Fsp3) is 0.381. The molecule has 0 unspecified atom stereocenters. The molecule has 4 amide bonds. The van der Waals surface area contributed by atoms with Gasteiger partial charge in [0.15, 0.2) is 0 Å². The Balaban J connectivity index is 1.36. The molecule has 28 heavy (non-hydrogen) atoms. The van der Waals surface area contributed by atoms with E-state index in [2.05, 4.69) is 16.3 Å². The molecule has 1 aromatic heterocycles. The first-order valence-electron chi connectivity index (χ1n) is 9.65. The lowest BCUT2D eigenvalue weighted by Crippen LogP contribution is -2.46. The van der Waals surface area contributed by atoms with E-state index in [0.717, 1.165) is 28.3 Å². The summed E-state index contributed by atoms with van der Waals surface area (Å²) >= 11 is 1.79. The Kier molecular flexibility index (Phi) is 4.29. The van der Waals surface area contributed by atoms with Gasteiger partial charge in [-0.15, -0.1) is 11.3 Å². The minimum Gasteiger partial charge on any atom is -0.278 e. The maximum absolute atomic E-state index is 12.9. The zero-order valence-corrected chi connectivity index (χ0v) is 16.2. The molecule has 7 heteroatoms. The van der Waals surface area contributed by atoms with Crippen LogP contribution in [0.3, 0.4) is 0 Å². The van der Waals surface area contributed by atoms with Crippen LogP contribution in [0, 0.1) is 5.92 Å². The highest BCUT2D eigenvalue weighted by Crippen LogP contribution is 2.48. The highest BCUT2D eigenvalue weighted by molar-refractivity contribution is 7.10. The summed E-state index contributed by atoms with van der Waals surface area (Å²) in [6, 6.07) is 11.2. The van der Waals surface area contributed by atoms with E-state index in [0.29, 0.717) is 5.92 Å². The van der Waals surface area contributed by atoms with Gasteiger partial charge in [0.1, 0.15) is 0 Å². The van der Waals surface area contributed by atoms with E-state index in [4.69, 9.17) is 0 Å². The maximum atomic E-state index is 12.9. The average Bonchev–Trinajstić information content (AvgIpc) is 3.40.